The lowest BCUT2D eigenvalue weighted by Crippen LogP contribution is -2.53. The molecule has 2 heterocycles. The van der Waals surface area contributed by atoms with Gasteiger partial charge in [-0.25, -0.2) is 0 Å². The van der Waals surface area contributed by atoms with Crippen molar-refractivity contribution >= 4 is 5.91 Å². The summed E-state index contributed by atoms with van der Waals surface area (Å²) in [6, 6.07) is 5.58. The number of aromatic nitrogens is 1. The number of amides is 1. The van der Waals surface area contributed by atoms with E-state index in [1.54, 1.807) is 18.3 Å². The van der Waals surface area contributed by atoms with Crippen LogP contribution >= 0.6 is 0 Å². The summed E-state index contributed by atoms with van der Waals surface area (Å²) in [5.74, 6) is 0.357. The first-order chi connectivity index (χ1) is 10.8. The van der Waals surface area contributed by atoms with E-state index in [0.29, 0.717) is 38.0 Å². The minimum absolute atomic E-state index is 0.00607. The predicted molar refractivity (Wildman–Crippen MR) is 82.5 cm³/mol. The van der Waals surface area contributed by atoms with Gasteiger partial charge in [-0.1, -0.05) is 12.1 Å². The number of ether oxygens (including phenoxy) is 2. The van der Waals surface area contributed by atoms with E-state index in [1.807, 2.05) is 17.0 Å². The van der Waals surface area contributed by atoms with Crippen LogP contribution in [0.3, 0.4) is 0 Å². The van der Waals surface area contributed by atoms with Gasteiger partial charge in [0, 0.05) is 18.7 Å². The second kappa shape index (κ2) is 7.03. The monoisotopic (exact) mass is 302 g/mol. The summed E-state index contributed by atoms with van der Waals surface area (Å²) >= 11 is 0. The molecule has 22 heavy (non-hydrogen) atoms. The van der Waals surface area contributed by atoms with Gasteiger partial charge in [0.1, 0.15) is 5.69 Å². The first kappa shape index (κ1) is 15.2. The normalized spacial score (nSPS) is 27.5. The summed E-state index contributed by atoms with van der Waals surface area (Å²) in [5.41, 5.74) is 0.509. The fourth-order valence-electron chi connectivity index (χ4n) is 3.43. The van der Waals surface area contributed by atoms with Crippen molar-refractivity contribution in [3.05, 3.63) is 42.7 Å². The molecule has 0 N–H and O–H groups in total. The van der Waals surface area contributed by atoms with Crippen LogP contribution < -0.4 is 0 Å². The lowest BCUT2D eigenvalue weighted by Gasteiger charge is -2.39. The maximum absolute atomic E-state index is 12.7. The SMILES string of the molecule is C=CCOC[C@H]1CC[C@H]2[C@H]1OCCN2C(=O)c1ccccn1. The second-order valence-corrected chi connectivity index (χ2v) is 5.78. The van der Waals surface area contributed by atoms with Crippen LogP contribution in [0.1, 0.15) is 23.3 Å². The Kier molecular flexibility index (Phi) is 4.85. The molecule has 0 radical (unpaired) electrons. The Morgan fingerprint density at radius 3 is 3.18 bits per heavy atom. The largest absolute Gasteiger partial charge is 0.377 e. The molecule has 1 aromatic rings. The molecule has 0 unspecified atom stereocenters. The standard InChI is InChI=1S/C17H22N2O3/c1-2-10-21-12-13-6-7-15-16(13)22-11-9-19(15)17(20)14-5-3-4-8-18-14/h2-5,8,13,15-16H,1,6-7,9-12H2/t13-,15+,16+/m1/s1. The predicted octanol–water partition coefficient (Wildman–Crippen LogP) is 1.90. The summed E-state index contributed by atoms with van der Waals surface area (Å²) < 4.78 is 11.5. The van der Waals surface area contributed by atoms with Crippen LogP contribution in [0.25, 0.3) is 0 Å². The smallest absolute Gasteiger partial charge is 0.272 e. The zero-order chi connectivity index (χ0) is 15.4. The molecule has 5 nitrogen and oxygen atoms in total. The van der Waals surface area contributed by atoms with Crippen LogP contribution in [0.15, 0.2) is 37.1 Å². The average Bonchev–Trinajstić information content (AvgIpc) is 2.98. The van der Waals surface area contributed by atoms with Gasteiger partial charge in [-0.15, -0.1) is 6.58 Å². The van der Waals surface area contributed by atoms with E-state index < -0.39 is 0 Å². The van der Waals surface area contributed by atoms with Gasteiger partial charge < -0.3 is 14.4 Å². The van der Waals surface area contributed by atoms with Crippen molar-refractivity contribution in [1.82, 2.24) is 9.88 Å². The highest BCUT2D eigenvalue weighted by Crippen LogP contribution is 2.35. The lowest BCUT2D eigenvalue weighted by atomic mass is 10.0. The van der Waals surface area contributed by atoms with Crippen molar-refractivity contribution < 1.29 is 14.3 Å². The third kappa shape index (κ3) is 3.05. The van der Waals surface area contributed by atoms with Gasteiger partial charge in [0.2, 0.25) is 0 Å². The van der Waals surface area contributed by atoms with Gasteiger partial charge in [0.05, 0.1) is 32.0 Å². The van der Waals surface area contributed by atoms with Crippen LogP contribution in [-0.2, 0) is 9.47 Å². The highest BCUT2D eigenvalue weighted by Gasteiger charge is 2.44. The zero-order valence-electron chi connectivity index (χ0n) is 12.7. The maximum Gasteiger partial charge on any atom is 0.272 e. The topological polar surface area (TPSA) is 51.7 Å². The third-order valence-corrected chi connectivity index (χ3v) is 4.43. The molecular weight excluding hydrogens is 280 g/mol. The van der Waals surface area contributed by atoms with Gasteiger partial charge >= 0.3 is 0 Å². The van der Waals surface area contributed by atoms with Gasteiger partial charge in [0.25, 0.3) is 5.91 Å². The quantitative estimate of drug-likeness (QED) is 0.616. The number of hydrogen-bond donors (Lipinski definition) is 0. The molecule has 5 heteroatoms. The van der Waals surface area contributed by atoms with Gasteiger partial charge in [-0.05, 0) is 25.0 Å². The van der Waals surface area contributed by atoms with Gasteiger partial charge in [-0.3, -0.25) is 9.78 Å². The van der Waals surface area contributed by atoms with E-state index in [-0.39, 0.29) is 18.1 Å². The van der Waals surface area contributed by atoms with Crippen LogP contribution in [0, 0.1) is 5.92 Å². The minimum Gasteiger partial charge on any atom is -0.377 e. The summed E-state index contributed by atoms with van der Waals surface area (Å²) in [6.45, 7) is 6.10. The number of carbonyl (C=O) groups excluding carboxylic acids is 1. The average molecular weight is 302 g/mol. The Bertz CT molecular complexity index is 520. The van der Waals surface area contributed by atoms with E-state index in [1.165, 1.54) is 0 Å². The number of carbonyl (C=O) groups is 1. The van der Waals surface area contributed by atoms with Crippen molar-refractivity contribution in [1.29, 1.82) is 0 Å². The zero-order valence-corrected chi connectivity index (χ0v) is 12.7. The highest BCUT2D eigenvalue weighted by atomic mass is 16.5. The van der Waals surface area contributed by atoms with Crippen molar-refractivity contribution in [2.75, 3.05) is 26.4 Å². The Hall–Kier alpha value is -1.72. The molecule has 1 amide bonds. The highest BCUT2D eigenvalue weighted by molar-refractivity contribution is 5.92. The fourth-order valence-corrected chi connectivity index (χ4v) is 3.43. The Morgan fingerprint density at radius 1 is 1.50 bits per heavy atom. The van der Waals surface area contributed by atoms with Crippen molar-refractivity contribution in [2.45, 2.75) is 25.0 Å². The molecule has 2 fully saturated rings. The summed E-state index contributed by atoms with van der Waals surface area (Å²) in [4.78, 5) is 18.8. The summed E-state index contributed by atoms with van der Waals surface area (Å²) in [5, 5.41) is 0. The Labute approximate surface area is 130 Å². The number of rotatable bonds is 5. The molecule has 1 aliphatic carbocycles. The lowest BCUT2D eigenvalue weighted by molar-refractivity contribution is -0.0739. The van der Waals surface area contributed by atoms with E-state index in [2.05, 4.69) is 11.6 Å². The molecule has 118 valence electrons. The first-order valence-electron chi connectivity index (χ1n) is 7.83. The van der Waals surface area contributed by atoms with Crippen LogP contribution in [0.4, 0.5) is 0 Å². The van der Waals surface area contributed by atoms with E-state index in [4.69, 9.17) is 9.47 Å². The molecule has 0 bridgehead atoms. The second-order valence-electron chi connectivity index (χ2n) is 5.78. The molecule has 2 aliphatic rings. The number of morpholine rings is 1. The number of hydrogen-bond acceptors (Lipinski definition) is 4. The molecular formula is C17H22N2O3. The molecule has 0 spiro atoms. The summed E-state index contributed by atoms with van der Waals surface area (Å²) in [6.07, 6.45) is 5.48. The maximum atomic E-state index is 12.7. The molecule has 1 aliphatic heterocycles. The van der Waals surface area contributed by atoms with Crippen LogP contribution in [0.2, 0.25) is 0 Å². The summed E-state index contributed by atoms with van der Waals surface area (Å²) in [7, 11) is 0. The number of fused-ring (bicyclic) bond motifs is 1. The molecule has 0 aromatic carbocycles. The van der Waals surface area contributed by atoms with E-state index in [9.17, 15) is 4.79 Å². The first-order valence-corrected chi connectivity index (χ1v) is 7.83. The molecule has 1 saturated carbocycles. The van der Waals surface area contributed by atoms with Gasteiger partial charge in [0.15, 0.2) is 0 Å². The van der Waals surface area contributed by atoms with Crippen LogP contribution in [0.5, 0.6) is 0 Å². The van der Waals surface area contributed by atoms with Crippen LogP contribution in [-0.4, -0.2) is 54.3 Å². The molecule has 3 rings (SSSR count). The third-order valence-electron chi connectivity index (χ3n) is 4.43. The Balaban J connectivity index is 1.67. The van der Waals surface area contributed by atoms with E-state index >= 15 is 0 Å². The van der Waals surface area contributed by atoms with Gasteiger partial charge in [-0.2, -0.15) is 0 Å². The Morgan fingerprint density at radius 2 is 2.41 bits per heavy atom. The molecule has 1 aromatic heterocycles. The van der Waals surface area contributed by atoms with Crippen molar-refractivity contribution in [3.63, 3.8) is 0 Å². The molecule has 3 atom stereocenters. The van der Waals surface area contributed by atoms with Crippen molar-refractivity contribution in [3.8, 4) is 0 Å². The fraction of sp³-hybridized carbons (Fsp3) is 0.529. The van der Waals surface area contributed by atoms with Crippen molar-refractivity contribution in [2.24, 2.45) is 5.92 Å². The number of pyridine rings is 1. The number of nitrogens with zero attached hydrogens (tertiary/aromatic N) is 2. The minimum atomic E-state index is 0.00607. The van der Waals surface area contributed by atoms with E-state index in [0.717, 1.165) is 12.8 Å². The molecule has 1 saturated heterocycles.